The van der Waals surface area contributed by atoms with Gasteiger partial charge in [0.15, 0.2) is 0 Å². The lowest BCUT2D eigenvalue weighted by atomic mass is 10.1. The third-order valence-corrected chi connectivity index (χ3v) is 4.02. The van der Waals surface area contributed by atoms with Crippen LogP contribution < -0.4 is 5.32 Å². The number of carbonyl (C=O) groups excluding carboxylic acids is 2. The highest BCUT2D eigenvalue weighted by molar-refractivity contribution is 5.97. The molecule has 0 spiro atoms. The lowest BCUT2D eigenvalue weighted by Gasteiger charge is -2.28. The fourth-order valence-corrected chi connectivity index (χ4v) is 2.33. The third-order valence-electron chi connectivity index (χ3n) is 4.02. The third kappa shape index (κ3) is 3.38. The van der Waals surface area contributed by atoms with Gasteiger partial charge in [-0.3, -0.25) is 9.59 Å². The van der Waals surface area contributed by atoms with Gasteiger partial charge >= 0.3 is 0 Å². The average molecular weight is 274 g/mol. The molecule has 4 heteroatoms. The Bertz CT molecular complexity index is 483. The summed E-state index contributed by atoms with van der Waals surface area (Å²) in [5, 5.41) is 2.76. The van der Waals surface area contributed by atoms with E-state index >= 15 is 0 Å². The van der Waals surface area contributed by atoms with Crippen LogP contribution in [0.3, 0.4) is 0 Å². The summed E-state index contributed by atoms with van der Waals surface area (Å²) >= 11 is 0. The predicted octanol–water partition coefficient (Wildman–Crippen LogP) is 2.06. The molecule has 1 N–H and O–H groups in total. The maximum Gasteiger partial charge on any atom is 0.251 e. The largest absolute Gasteiger partial charge is 0.341 e. The molecule has 0 saturated heterocycles. The molecule has 1 aliphatic carbocycles. The minimum absolute atomic E-state index is 0.0336. The quantitative estimate of drug-likeness (QED) is 0.893. The normalized spacial score (nSPS) is 17.1. The van der Waals surface area contributed by atoms with Crippen LogP contribution in [0.1, 0.15) is 37.0 Å². The molecule has 2 rings (SSSR count). The van der Waals surface area contributed by atoms with E-state index in [1.54, 1.807) is 24.0 Å². The molecule has 1 saturated carbocycles. The molecule has 1 aliphatic rings. The Morgan fingerprint density at radius 1 is 1.20 bits per heavy atom. The van der Waals surface area contributed by atoms with E-state index in [2.05, 4.69) is 12.2 Å². The van der Waals surface area contributed by atoms with Crippen molar-refractivity contribution >= 4 is 11.8 Å². The molecular formula is C16H22N2O2. The Labute approximate surface area is 120 Å². The highest BCUT2D eigenvalue weighted by Gasteiger charge is 2.33. The first-order chi connectivity index (χ1) is 9.50. The first-order valence-corrected chi connectivity index (χ1v) is 7.13. The molecule has 20 heavy (non-hydrogen) atoms. The second kappa shape index (κ2) is 6.07. The van der Waals surface area contributed by atoms with E-state index in [-0.39, 0.29) is 17.9 Å². The van der Waals surface area contributed by atoms with Crippen molar-refractivity contribution in [3.8, 4) is 0 Å². The van der Waals surface area contributed by atoms with Gasteiger partial charge in [0.1, 0.15) is 6.04 Å². The highest BCUT2D eigenvalue weighted by Crippen LogP contribution is 2.34. The van der Waals surface area contributed by atoms with Gasteiger partial charge in [-0.15, -0.1) is 0 Å². The van der Waals surface area contributed by atoms with E-state index in [1.807, 2.05) is 25.2 Å². The van der Waals surface area contributed by atoms with Crippen LogP contribution in [0.4, 0.5) is 0 Å². The van der Waals surface area contributed by atoms with Gasteiger partial charge in [0.25, 0.3) is 5.91 Å². The molecule has 4 nitrogen and oxygen atoms in total. The number of likely N-dealkylation sites (N-methyl/N-ethyl adjacent to an activating group) is 1. The van der Waals surface area contributed by atoms with Crippen molar-refractivity contribution in [2.45, 2.75) is 38.8 Å². The van der Waals surface area contributed by atoms with Gasteiger partial charge in [-0.25, -0.2) is 0 Å². The van der Waals surface area contributed by atoms with Gasteiger partial charge < -0.3 is 10.2 Å². The lowest BCUT2D eigenvalue weighted by Crippen LogP contribution is -2.48. The molecule has 1 fully saturated rings. The van der Waals surface area contributed by atoms with Crippen LogP contribution >= 0.6 is 0 Å². The number of hydrogen-bond donors (Lipinski definition) is 1. The Hall–Kier alpha value is -1.84. The second-order valence-corrected chi connectivity index (χ2v) is 5.59. The monoisotopic (exact) mass is 274 g/mol. The van der Waals surface area contributed by atoms with E-state index in [0.29, 0.717) is 11.5 Å². The average Bonchev–Trinajstić information content (AvgIpc) is 3.30. The Balaban J connectivity index is 1.92. The zero-order chi connectivity index (χ0) is 14.7. The second-order valence-electron chi connectivity index (χ2n) is 5.59. The van der Waals surface area contributed by atoms with Crippen molar-refractivity contribution in [1.29, 1.82) is 0 Å². The number of rotatable bonds is 5. The minimum atomic E-state index is -0.506. The number of nitrogens with one attached hydrogen (secondary N) is 1. The topological polar surface area (TPSA) is 49.4 Å². The molecule has 0 radical (unpaired) electrons. The lowest BCUT2D eigenvalue weighted by molar-refractivity contribution is -0.133. The fourth-order valence-electron chi connectivity index (χ4n) is 2.33. The van der Waals surface area contributed by atoms with Gasteiger partial charge in [0.05, 0.1) is 0 Å². The number of hydrogen-bond acceptors (Lipinski definition) is 2. The van der Waals surface area contributed by atoms with Gasteiger partial charge in [0.2, 0.25) is 5.91 Å². The number of amides is 2. The van der Waals surface area contributed by atoms with Gasteiger partial charge in [-0.1, -0.05) is 18.2 Å². The molecular weight excluding hydrogens is 252 g/mol. The van der Waals surface area contributed by atoms with Gasteiger partial charge in [0, 0.05) is 18.7 Å². The van der Waals surface area contributed by atoms with E-state index in [4.69, 9.17) is 0 Å². The van der Waals surface area contributed by atoms with Crippen LogP contribution in [-0.4, -0.2) is 35.8 Å². The molecule has 2 unspecified atom stereocenters. The molecule has 2 amide bonds. The summed E-state index contributed by atoms with van der Waals surface area (Å²) in [6.45, 7) is 3.81. The smallest absolute Gasteiger partial charge is 0.251 e. The molecule has 1 aromatic carbocycles. The summed E-state index contributed by atoms with van der Waals surface area (Å²) in [6, 6.07) is 8.70. The Morgan fingerprint density at radius 3 is 2.35 bits per heavy atom. The van der Waals surface area contributed by atoms with E-state index in [1.165, 1.54) is 12.8 Å². The number of benzene rings is 1. The summed E-state index contributed by atoms with van der Waals surface area (Å²) in [4.78, 5) is 26.1. The van der Waals surface area contributed by atoms with Crippen molar-refractivity contribution in [2.75, 3.05) is 7.05 Å². The summed E-state index contributed by atoms with van der Waals surface area (Å²) in [5.74, 6) is 0.383. The number of carbonyl (C=O) groups is 2. The van der Waals surface area contributed by atoms with Crippen molar-refractivity contribution in [1.82, 2.24) is 10.2 Å². The molecule has 0 heterocycles. The van der Waals surface area contributed by atoms with E-state index in [0.717, 1.165) is 0 Å². The first-order valence-electron chi connectivity index (χ1n) is 7.13. The minimum Gasteiger partial charge on any atom is -0.341 e. The molecule has 1 aromatic rings. The van der Waals surface area contributed by atoms with Crippen LogP contribution in [0.15, 0.2) is 30.3 Å². The first kappa shape index (κ1) is 14.6. The molecule has 108 valence electrons. The Morgan fingerprint density at radius 2 is 1.80 bits per heavy atom. The zero-order valence-electron chi connectivity index (χ0n) is 12.3. The van der Waals surface area contributed by atoms with Gasteiger partial charge in [-0.05, 0) is 44.7 Å². The van der Waals surface area contributed by atoms with Crippen LogP contribution in [0.25, 0.3) is 0 Å². The van der Waals surface area contributed by atoms with Crippen LogP contribution in [0.5, 0.6) is 0 Å². The number of nitrogens with zero attached hydrogens (tertiary/aromatic N) is 1. The van der Waals surface area contributed by atoms with Gasteiger partial charge in [-0.2, -0.15) is 0 Å². The highest BCUT2D eigenvalue weighted by atomic mass is 16.2. The van der Waals surface area contributed by atoms with Crippen LogP contribution in [0, 0.1) is 5.92 Å². The van der Waals surface area contributed by atoms with Crippen molar-refractivity contribution < 1.29 is 9.59 Å². The van der Waals surface area contributed by atoms with Crippen LogP contribution in [0.2, 0.25) is 0 Å². The maximum atomic E-state index is 12.3. The zero-order valence-corrected chi connectivity index (χ0v) is 12.3. The van der Waals surface area contributed by atoms with Crippen LogP contribution in [-0.2, 0) is 4.79 Å². The standard InChI is InChI=1S/C16H22N2O2/c1-11(16(20)18(3)12(2)13-9-10-13)17-15(19)14-7-5-4-6-8-14/h4-8,11-13H,9-10H2,1-3H3,(H,17,19). The summed E-state index contributed by atoms with van der Waals surface area (Å²) in [7, 11) is 1.82. The summed E-state index contributed by atoms with van der Waals surface area (Å²) < 4.78 is 0. The Kier molecular flexibility index (Phi) is 4.42. The van der Waals surface area contributed by atoms with E-state index < -0.39 is 6.04 Å². The summed E-state index contributed by atoms with van der Waals surface area (Å²) in [6.07, 6.45) is 2.40. The molecule has 0 aliphatic heterocycles. The van der Waals surface area contributed by atoms with E-state index in [9.17, 15) is 9.59 Å². The SMILES string of the molecule is CC(NC(=O)c1ccccc1)C(=O)N(C)C(C)C1CC1. The molecule has 0 bridgehead atoms. The maximum absolute atomic E-state index is 12.3. The fraction of sp³-hybridized carbons (Fsp3) is 0.500. The molecule has 0 aromatic heterocycles. The molecule has 2 atom stereocenters. The van der Waals surface area contributed by atoms with Crippen molar-refractivity contribution in [3.63, 3.8) is 0 Å². The predicted molar refractivity (Wildman–Crippen MR) is 78.3 cm³/mol. The summed E-state index contributed by atoms with van der Waals surface area (Å²) in [5.41, 5.74) is 0.574. The van der Waals surface area contributed by atoms with Crippen molar-refractivity contribution in [2.24, 2.45) is 5.92 Å². The van der Waals surface area contributed by atoms with Crippen molar-refractivity contribution in [3.05, 3.63) is 35.9 Å².